The molecular weight excluding hydrogens is 339 g/mol. The Morgan fingerprint density at radius 1 is 1.43 bits per heavy atom. The Morgan fingerprint density at radius 2 is 2.10 bits per heavy atom. The summed E-state index contributed by atoms with van der Waals surface area (Å²) < 4.78 is 28.2. The highest BCUT2D eigenvalue weighted by molar-refractivity contribution is 7.89. The molecule has 0 aromatic heterocycles. The quantitative estimate of drug-likeness (QED) is 0.892. The van der Waals surface area contributed by atoms with Crippen LogP contribution >= 0.6 is 23.2 Å². The second-order valence-corrected chi connectivity index (χ2v) is 7.03. The molecule has 1 amide bonds. The molecule has 1 aliphatic rings. The number of hydrogen-bond acceptors (Lipinski definition) is 4. The lowest BCUT2D eigenvalue weighted by Gasteiger charge is -2.24. The molecule has 2 rings (SSSR count). The minimum Gasteiger partial charge on any atom is -0.379 e. The monoisotopic (exact) mass is 352 g/mol. The Kier molecular flexibility index (Phi) is 4.79. The van der Waals surface area contributed by atoms with Gasteiger partial charge in [0.1, 0.15) is 4.90 Å². The van der Waals surface area contributed by atoms with Gasteiger partial charge in [0, 0.05) is 13.7 Å². The number of nitrogens with two attached hydrogens (primary N) is 1. The van der Waals surface area contributed by atoms with Crippen LogP contribution in [-0.4, -0.2) is 45.5 Å². The summed E-state index contributed by atoms with van der Waals surface area (Å²) in [7, 11) is -2.44. The minimum atomic E-state index is -4.04. The maximum absolute atomic E-state index is 12.5. The maximum atomic E-state index is 12.5. The van der Waals surface area contributed by atoms with Gasteiger partial charge in [0.05, 0.1) is 28.3 Å². The highest BCUT2D eigenvalue weighted by Crippen LogP contribution is 2.32. The molecule has 6 nitrogen and oxygen atoms in total. The van der Waals surface area contributed by atoms with Crippen LogP contribution in [-0.2, 0) is 14.8 Å². The van der Waals surface area contributed by atoms with Crippen molar-refractivity contribution in [3.63, 3.8) is 0 Å². The lowest BCUT2D eigenvalue weighted by Crippen LogP contribution is -2.37. The smallest absolute Gasteiger partial charge is 0.257 e. The fourth-order valence-corrected chi connectivity index (χ4v) is 3.58. The third kappa shape index (κ3) is 3.32. The molecular formula is C12H14Cl2N2O4S. The van der Waals surface area contributed by atoms with Crippen molar-refractivity contribution < 1.29 is 17.9 Å². The number of benzene rings is 1. The number of ether oxygens (including phenoxy) is 1. The summed E-state index contributed by atoms with van der Waals surface area (Å²) in [5, 5.41) is 4.88. The Balaban J connectivity index is 2.45. The molecule has 0 spiro atoms. The van der Waals surface area contributed by atoms with Gasteiger partial charge in [-0.05, 0) is 18.6 Å². The van der Waals surface area contributed by atoms with Crippen LogP contribution in [0.5, 0.6) is 0 Å². The number of carbonyl (C=O) groups excluding carboxylic acids is 1. The van der Waals surface area contributed by atoms with E-state index in [1.165, 1.54) is 17.0 Å². The van der Waals surface area contributed by atoms with E-state index in [0.29, 0.717) is 19.6 Å². The zero-order valence-corrected chi connectivity index (χ0v) is 13.5. The Hall–Kier alpha value is -0.860. The van der Waals surface area contributed by atoms with E-state index in [4.69, 9.17) is 33.1 Å². The first kappa shape index (κ1) is 16.5. The van der Waals surface area contributed by atoms with E-state index in [0.717, 1.165) is 0 Å². The molecule has 0 radical (unpaired) electrons. The number of halogens is 2. The van der Waals surface area contributed by atoms with Gasteiger partial charge >= 0.3 is 0 Å². The first-order valence-corrected chi connectivity index (χ1v) is 8.39. The molecule has 9 heteroatoms. The Morgan fingerprint density at radius 3 is 2.62 bits per heavy atom. The van der Waals surface area contributed by atoms with Crippen molar-refractivity contribution in [3.8, 4) is 0 Å². The van der Waals surface area contributed by atoms with Gasteiger partial charge < -0.3 is 9.64 Å². The first-order valence-electron chi connectivity index (χ1n) is 6.09. The summed E-state index contributed by atoms with van der Waals surface area (Å²) in [6, 6.07) is 2.37. The van der Waals surface area contributed by atoms with Gasteiger partial charge in [0.25, 0.3) is 5.91 Å². The molecule has 21 heavy (non-hydrogen) atoms. The van der Waals surface area contributed by atoms with E-state index in [2.05, 4.69) is 0 Å². The SMILES string of the molecule is CN(C(=O)c1c(Cl)ccc(S(N)(=O)=O)c1Cl)C1CCOC1. The molecule has 0 bridgehead atoms. The van der Waals surface area contributed by atoms with Crippen LogP contribution in [0.25, 0.3) is 0 Å². The number of nitrogens with zero attached hydrogens (tertiary/aromatic N) is 1. The molecule has 1 aromatic rings. The van der Waals surface area contributed by atoms with Crippen LogP contribution in [0.15, 0.2) is 17.0 Å². The average molecular weight is 353 g/mol. The van der Waals surface area contributed by atoms with E-state index in [-0.39, 0.29) is 26.5 Å². The average Bonchev–Trinajstić information content (AvgIpc) is 2.89. The lowest BCUT2D eigenvalue weighted by molar-refractivity contribution is 0.0711. The molecule has 1 aromatic carbocycles. The Labute approximate surface area is 132 Å². The molecule has 1 fully saturated rings. The summed E-state index contributed by atoms with van der Waals surface area (Å²) >= 11 is 12.0. The molecule has 116 valence electrons. The van der Waals surface area contributed by atoms with Crippen LogP contribution in [0.1, 0.15) is 16.8 Å². The largest absolute Gasteiger partial charge is 0.379 e. The standard InChI is InChI=1S/C12H14Cl2N2O4S/c1-16(7-4-5-20-6-7)12(17)10-8(13)2-3-9(11(10)14)21(15,18)19/h2-3,7H,4-6H2,1H3,(H2,15,18,19). The Bertz CT molecular complexity index is 672. The van der Waals surface area contributed by atoms with Crippen molar-refractivity contribution in [1.29, 1.82) is 0 Å². The molecule has 1 unspecified atom stereocenters. The van der Waals surface area contributed by atoms with Crippen LogP contribution < -0.4 is 5.14 Å². The van der Waals surface area contributed by atoms with Crippen LogP contribution in [0.2, 0.25) is 10.0 Å². The van der Waals surface area contributed by atoms with Crippen molar-refractivity contribution >= 4 is 39.1 Å². The van der Waals surface area contributed by atoms with E-state index in [1.54, 1.807) is 7.05 Å². The molecule has 1 atom stereocenters. The summed E-state index contributed by atoms with van der Waals surface area (Å²) in [6.07, 6.45) is 0.701. The van der Waals surface area contributed by atoms with Crippen molar-refractivity contribution in [1.82, 2.24) is 4.90 Å². The van der Waals surface area contributed by atoms with Crippen molar-refractivity contribution in [2.24, 2.45) is 5.14 Å². The van der Waals surface area contributed by atoms with Crippen molar-refractivity contribution in [2.45, 2.75) is 17.4 Å². The predicted octanol–water partition coefficient (Wildman–Crippen LogP) is 1.50. The zero-order valence-electron chi connectivity index (χ0n) is 11.2. The van der Waals surface area contributed by atoms with Crippen molar-refractivity contribution in [3.05, 3.63) is 27.7 Å². The summed E-state index contributed by atoms with van der Waals surface area (Å²) in [6.45, 7) is 0.993. The van der Waals surface area contributed by atoms with Gasteiger partial charge in [-0.15, -0.1) is 0 Å². The predicted molar refractivity (Wildman–Crippen MR) is 79.2 cm³/mol. The number of amides is 1. The molecule has 1 aliphatic heterocycles. The van der Waals surface area contributed by atoms with Gasteiger partial charge in [-0.25, -0.2) is 13.6 Å². The normalized spacial score (nSPS) is 18.8. The number of rotatable bonds is 3. The van der Waals surface area contributed by atoms with Crippen molar-refractivity contribution in [2.75, 3.05) is 20.3 Å². The van der Waals surface area contributed by atoms with Gasteiger partial charge in [-0.2, -0.15) is 0 Å². The number of carbonyl (C=O) groups is 1. The number of primary sulfonamides is 1. The van der Waals surface area contributed by atoms with Crippen LogP contribution in [0.3, 0.4) is 0 Å². The second-order valence-electron chi connectivity index (χ2n) is 4.71. The third-order valence-corrected chi connectivity index (χ3v) is 5.12. The third-order valence-electron chi connectivity index (χ3n) is 3.35. The van der Waals surface area contributed by atoms with E-state index >= 15 is 0 Å². The van der Waals surface area contributed by atoms with Gasteiger partial charge in [-0.1, -0.05) is 23.2 Å². The summed E-state index contributed by atoms with van der Waals surface area (Å²) in [4.78, 5) is 13.6. The van der Waals surface area contributed by atoms with Gasteiger partial charge in [0.2, 0.25) is 10.0 Å². The maximum Gasteiger partial charge on any atom is 0.257 e. The van der Waals surface area contributed by atoms with Crippen LogP contribution in [0, 0.1) is 0 Å². The first-order chi connectivity index (χ1) is 9.73. The number of likely N-dealkylation sites (N-methyl/N-ethyl adjacent to an activating group) is 1. The fraction of sp³-hybridized carbons (Fsp3) is 0.417. The van der Waals surface area contributed by atoms with Gasteiger partial charge in [-0.3, -0.25) is 4.79 Å². The topological polar surface area (TPSA) is 89.7 Å². The molecule has 1 saturated heterocycles. The molecule has 0 aliphatic carbocycles. The molecule has 2 N–H and O–H groups in total. The highest BCUT2D eigenvalue weighted by atomic mass is 35.5. The lowest BCUT2D eigenvalue weighted by atomic mass is 10.1. The van der Waals surface area contributed by atoms with E-state index < -0.39 is 15.9 Å². The highest BCUT2D eigenvalue weighted by Gasteiger charge is 2.29. The molecule has 1 heterocycles. The summed E-state index contributed by atoms with van der Waals surface area (Å²) in [5.41, 5.74) is -0.0701. The van der Waals surface area contributed by atoms with Crippen LogP contribution in [0.4, 0.5) is 0 Å². The zero-order chi connectivity index (χ0) is 15.8. The summed E-state index contributed by atoms with van der Waals surface area (Å²) in [5.74, 6) is -0.467. The fourth-order valence-electron chi connectivity index (χ4n) is 2.12. The minimum absolute atomic E-state index is 0.0701. The molecule has 0 saturated carbocycles. The second kappa shape index (κ2) is 6.10. The van der Waals surface area contributed by atoms with E-state index in [1.807, 2.05) is 0 Å². The number of hydrogen-bond donors (Lipinski definition) is 1. The van der Waals surface area contributed by atoms with Gasteiger partial charge in [0.15, 0.2) is 0 Å². The number of sulfonamides is 1. The van der Waals surface area contributed by atoms with E-state index in [9.17, 15) is 13.2 Å².